The number of para-hydroxylation sites is 2. The number of amides is 1. The van der Waals surface area contributed by atoms with Gasteiger partial charge >= 0.3 is 0 Å². The van der Waals surface area contributed by atoms with Gasteiger partial charge in [-0.2, -0.15) is 0 Å². The molecule has 0 radical (unpaired) electrons. The van der Waals surface area contributed by atoms with Crippen molar-refractivity contribution in [1.82, 2.24) is 9.88 Å². The first-order valence-corrected chi connectivity index (χ1v) is 11.9. The van der Waals surface area contributed by atoms with Gasteiger partial charge in [-0.1, -0.05) is 37.3 Å². The molecule has 1 saturated heterocycles. The number of anilines is 1. The largest absolute Gasteiger partial charge is 0.491 e. The molecule has 0 bridgehead atoms. The Kier molecular flexibility index (Phi) is 7.87. The SMILES string of the molecule is CCCOc1ccccc1NC(=O)Cc1csc(-c2cccc(CN3CCOCC3)c2)n1. The number of morpholine rings is 1. The lowest BCUT2D eigenvalue weighted by Crippen LogP contribution is -2.35. The summed E-state index contributed by atoms with van der Waals surface area (Å²) in [5.74, 6) is 0.592. The second kappa shape index (κ2) is 11.2. The summed E-state index contributed by atoms with van der Waals surface area (Å²) in [7, 11) is 0. The minimum Gasteiger partial charge on any atom is -0.491 e. The van der Waals surface area contributed by atoms with E-state index in [1.54, 1.807) is 11.3 Å². The van der Waals surface area contributed by atoms with Crippen molar-refractivity contribution in [2.45, 2.75) is 26.3 Å². The van der Waals surface area contributed by atoms with Crippen molar-refractivity contribution in [3.63, 3.8) is 0 Å². The summed E-state index contributed by atoms with van der Waals surface area (Å²) < 4.78 is 11.2. The number of rotatable bonds is 9. The summed E-state index contributed by atoms with van der Waals surface area (Å²) in [6.45, 7) is 7.12. The average Bonchev–Trinajstić information content (AvgIpc) is 3.28. The van der Waals surface area contributed by atoms with Crippen molar-refractivity contribution >= 4 is 22.9 Å². The molecule has 1 amide bonds. The number of nitrogens with one attached hydrogen (secondary N) is 1. The van der Waals surface area contributed by atoms with Crippen molar-refractivity contribution in [3.8, 4) is 16.3 Å². The van der Waals surface area contributed by atoms with Crippen LogP contribution >= 0.6 is 11.3 Å². The number of benzene rings is 2. The molecule has 2 aromatic carbocycles. The van der Waals surface area contributed by atoms with Crippen LogP contribution in [0.2, 0.25) is 0 Å². The molecule has 0 saturated carbocycles. The Bertz CT molecular complexity index is 1030. The van der Waals surface area contributed by atoms with E-state index in [9.17, 15) is 4.79 Å². The number of hydrogen-bond acceptors (Lipinski definition) is 6. The highest BCUT2D eigenvalue weighted by Crippen LogP contribution is 2.27. The molecule has 168 valence electrons. The number of thiazole rings is 1. The molecule has 0 aliphatic carbocycles. The van der Waals surface area contributed by atoms with E-state index in [4.69, 9.17) is 14.5 Å². The monoisotopic (exact) mass is 451 g/mol. The van der Waals surface area contributed by atoms with Crippen LogP contribution < -0.4 is 10.1 Å². The molecule has 1 aliphatic heterocycles. The lowest BCUT2D eigenvalue weighted by Gasteiger charge is -2.26. The Balaban J connectivity index is 1.38. The summed E-state index contributed by atoms with van der Waals surface area (Å²) in [6.07, 6.45) is 1.14. The van der Waals surface area contributed by atoms with Gasteiger partial charge in [-0.25, -0.2) is 4.98 Å². The van der Waals surface area contributed by atoms with Gasteiger partial charge in [0.15, 0.2) is 0 Å². The van der Waals surface area contributed by atoms with Crippen LogP contribution in [0.5, 0.6) is 5.75 Å². The van der Waals surface area contributed by atoms with Gasteiger partial charge in [0.25, 0.3) is 0 Å². The fourth-order valence-electron chi connectivity index (χ4n) is 3.61. The topological polar surface area (TPSA) is 63.7 Å². The smallest absolute Gasteiger partial charge is 0.230 e. The molecule has 0 atom stereocenters. The molecule has 4 rings (SSSR count). The minimum absolute atomic E-state index is 0.101. The molecular formula is C25H29N3O3S. The van der Waals surface area contributed by atoms with Crippen molar-refractivity contribution in [2.75, 3.05) is 38.2 Å². The highest BCUT2D eigenvalue weighted by atomic mass is 32.1. The van der Waals surface area contributed by atoms with Gasteiger partial charge < -0.3 is 14.8 Å². The number of carbonyl (C=O) groups excluding carboxylic acids is 1. The normalized spacial score (nSPS) is 14.3. The van der Waals surface area contributed by atoms with Crippen LogP contribution in [-0.4, -0.2) is 48.7 Å². The van der Waals surface area contributed by atoms with Crippen LogP contribution in [0.15, 0.2) is 53.9 Å². The highest BCUT2D eigenvalue weighted by Gasteiger charge is 2.14. The number of aromatic nitrogens is 1. The first kappa shape index (κ1) is 22.5. The number of ether oxygens (including phenoxy) is 2. The standard InChI is InChI=1S/C25H29N3O3S/c1-2-12-31-23-9-4-3-8-22(23)27-24(29)16-21-18-32-25(26-21)20-7-5-6-19(15-20)17-28-10-13-30-14-11-28/h3-9,15,18H,2,10-14,16-17H2,1H3,(H,27,29). The fraction of sp³-hybridized carbons (Fsp3) is 0.360. The van der Waals surface area contributed by atoms with Crippen molar-refractivity contribution in [2.24, 2.45) is 0 Å². The summed E-state index contributed by atoms with van der Waals surface area (Å²) in [4.78, 5) is 19.7. The molecule has 1 N–H and O–H groups in total. The van der Waals surface area contributed by atoms with E-state index < -0.39 is 0 Å². The molecule has 1 aromatic heterocycles. The molecule has 0 unspecified atom stereocenters. The maximum absolute atomic E-state index is 12.6. The van der Waals surface area contributed by atoms with Crippen LogP contribution in [0, 0.1) is 0 Å². The fourth-order valence-corrected chi connectivity index (χ4v) is 4.42. The van der Waals surface area contributed by atoms with Gasteiger partial charge in [-0.3, -0.25) is 9.69 Å². The van der Waals surface area contributed by atoms with Gasteiger partial charge in [-0.05, 0) is 30.2 Å². The van der Waals surface area contributed by atoms with E-state index in [2.05, 4.69) is 41.4 Å². The summed E-state index contributed by atoms with van der Waals surface area (Å²) in [5.41, 5.74) is 3.82. The highest BCUT2D eigenvalue weighted by molar-refractivity contribution is 7.13. The van der Waals surface area contributed by atoms with Gasteiger partial charge in [0.1, 0.15) is 10.8 Å². The minimum atomic E-state index is -0.101. The van der Waals surface area contributed by atoms with E-state index in [0.29, 0.717) is 18.0 Å². The predicted molar refractivity (Wildman–Crippen MR) is 128 cm³/mol. The van der Waals surface area contributed by atoms with Crippen LogP contribution in [0.25, 0.3) is 10.6 Å². The summed E-state index contributed by atoms with van der Waals surface area (Å²) in [6, 6.07) is 16.0. The van der Waals surface area contributed by atoms with E-state index in [1.807, 2.05) is 29.6 Å². The Hall–Kier alpha value is -2.74. The Morgan fingerprint density at radius 2 is 2.03 bits per heavy atom. The third kappa shape index (κ3) is 6.16. The molecular weight excluding hydrogens is 422 g/mol. The zero-order valence-electron chi connectivity index (χ0n) is 18.4. The molecule has 1 fully saturated rings. The lowest BCUT2D eigenvalue weighted by atomic mass is 10.1. The number of nitrogens with zero attached hydrogens (tertiary/aromatic N) is 2. The maximum Gasteiger partial charge on any atom is 0.230 e. The second-order valence-electron chi connectivity index (χ2n) is 7.80. The Morgan fingerprint density at radius 1 is 1.19 bits per heavy atom. The van der Waals surface area contributed by atoms with E-state index in [-0.39, 0.29) is 12.3 Å². The number of carbonyl (C=O) groups is 1. The van der Waals surface area contributed by atoms with Gasteiger partial charge in [0.2, 0.25) is 5.91 Å². The van der Waals surface area contributed by atoms with Gasteiger partial charge in [0.05, 0.1) is 37.6 Å². The van der Waals surface area contributed by atoms with Crippen LogP contribution in [-0.2, 0) is 22.5 Å². The first-order valence-electron chi connectivity index (χ1n) is 11.1. The lowest BCUT2D eigenvalue weighted by molar-refractivity contribution is -0.115. The van der Waals surface area contributed by atoms with Gasteiger partial charge in [-0.15, -0.1) is 11.3 Å². The third-order valence-electron chi connectivity index (χ3n) is 5.20. The summed E-state index contributed by atoms with van der Waals surface area (Å²) in [5, 5.41) is 5.85. The molecule has 32 heavy (non-hydrogen) atoms. The molecule has 0 spiro atoms. The van der Waals surface area contributed by atoms with Crippen molar-refractivity contribution in [1.29, 1.82) is 0 Å². The van der Waals surface area contributed by atoms with E-state index in [1.165, 1.54) is 5.56 Å². The first-order chi connectivity index (χ1) is 15.7. The van der Waals surface area contributed by atoms with Crippen LogP contribution in [0.3, 0.4) is 0 Å². The molecule has 7 heteroatoms. The van der Waals surface area contributed by atoms with Crippen molar-refractivity contribution < 1.29 is 14.3 Å². The number of hydrogen-bond donors (Lipinski definition) is 1. The van der Waals surface area contributed by atoms with Crippen LogP contribution in [0.1, 0.15) is 24.6 Å². The van der Waals surface area contributed by atoms with Gasteiger partial charge in [0, 0.05) is 30.6 Å². The Labute approximate surface area is 193 Å². The summed E-state index contributed by atoms with van der Waals surface area (Å²) >= 11 is 1.57. The van der Waals surface area contributed by atoms with Crippen LogP contribution in [0.4, 0.5) is 5.69 Å². The second-order valence-corrected chi connectivity index (χ2v) is 8.66. The zero-order chi connectivity index (χ0) is 22.2. The molecule has 3 aromatic rings. The predicted octanol–water partition coefficient (Wildman–Crippen LogP) is 4.61. The van der Waals surface area contributed by atoms with Crippen molar-refractivity contribution in [3.05, 3.63) is 65.2 Å². The average molecular weight is 452 g/mol. The molecule has 2 heterocycles. The Morgan fingerprint density at radius 3 is 2.88 bits per heavy atom. The van der Waals surface area contributed by atoms with E-state index in [0.717, 1.165) is 55.5 Å². The maximum atomic E-state index is 12.6. The zero-order valence-corrected chi connectivity index (χ0v) is 19.2. The molecule has 1 aliphatic rings. The molecule has 6 nitrogen and oxygen atoms in total. The van der Waals surface area contributed by atoms with E-state index >= 15 is 0 Å². The third-order valence-corrected chi connectivity index (χ3v) is 6.14. The quantitative estimate of drug-likeness (QED) is 0.515.